The Labute approximate surface area is 613 Å². The van der Waals surface area contributed by atoms with E-state index in [0.717, 1.165) is 160 Å². The number of ketones is 2. The average Bonchev–Trinajstić information content (AvgIpc) is 1.41. The average molecular weight is 1430 g/mol. The second-order valence-corrected chi connectivity index (χ2v) is 32.8. The number of aromatic nitrogens is 4. The number of fused-ring (bicyclic) bond motifs is 4. The molecule has 4 aromatic rings. The summed E-state index contributed by atoms with van der Waals surface area (Å²) in [6.07, 6.45) is 19.8. The van der Waals surface area contributed by atoms with Crippen molar-refractivity contribution in [2.24, 2.45) is 21.7 Å². The maximum atomic E-state index is 13.1. The van der Waals surface area contributed by atoms with E-state index >= 15 is 0 Å². The Balaban J connectivity index is 0.000000139. The van der Waals surface area contributed by atoms with Crippen molar-refractivity contribution < 1.29 is 76.9 Å². The number of carbonyl (C=O) groups is 6. The summed E-state index contributed by atoms with van der Waals surface area (Å²) in [4.78, 5) is 96.4. The summed E-state index contributed by atoms with van der Waals surface area (Å²) in [5.41, 5.74) is 18.9. The van der Waals surface area contributed by atoms with Gasteiger partial charge in [0.1, 0.15) is 0 Å². The maximum absolute atomic E-state index is 13.1. The van der Waals surface area contributed by atoms with Gasteiger partial charge in [0.15, 0.2) is 11.6 Å². The number of Topliss-reactive ketones (excluding diaryl/α,β-unsaturated/α-hetero) is 2. The third-order valence-corrected chi connectivity index (χ3v) is 22.2. The lowest BCUT2D eigenvalue weighted by molar-refractivity contribution is 0.0586. The minimum Gasteiger partial charge on any atom is -0.465 e. The first-order valence-corrected chi connectivity index (χ1v) is 37.5. The van der Waals surface area contributed by atoms with Gasteiger partial charge in [0.25, 0.3) is 0 Å². The number of carbonyl (C=O) groups excluding carboxylic acids is 6. The number of aliphatic hydroxyl groups excluding tert-OH is 2. The molecule has 0 bridgehead atoms. The molecule has 20 nitrogen and oxygen atoms in total. The molecule has 0 unspecified atom stereocenters. The molecular formula is C84H108N4O16. The summed E-state index contributed by atoms with van der Waals surface area (Å²) in [5, 5.41) is 22.0. The lowest BCUT2D eigenvalue weighted by Crippen LogP contribution is -2.31. The van der Waals surface area contributed by atoms with Crippen molar-refractivity contribution in [3.05, 3.63) is 137 Å². The summed E-state index contributed by atoms with van der Waals surface area (Å²) < 4.78 is 42.2. The highest BCUT2D eigenvalue weighted by atomic mass is 16.5. The molecule has 2 fully saturated rings. The Hall–Kier alpha value is -7.46. The van der Waals surface area contributed by atoms with Crippen LogP contribution in [0.15, 0.2) is 24.3 Å². The summed E-state index contributed by atoms with van der Waals surface area (Å²) in [6.45, 7) is 29.2. The van der Waals surface area contributed by atoms with E-state index in [1.807, 2.05) is 65.8 Å². The number of esters is 4. The predicted molar refractivity (Wildman–Crippen MR) is 395 cm³/mol. The monoisotopic (exact) mass is 1430 g/mol. The molecule has 2 spiro atoms. The summed E-state index contributed by atoms with van der Waals surface area (Å²) in [7, 11) is 5.56. The molecule has 2 N–H and O–H groups in total. The second kappa shape index (κ2) is 31.5. The van der Waals surface area contributed by atoms with Gasteiger partial charge in [0, 0.05) is 68.7 Å². The fourth-order valence-corrected chi connectivity index (χ4v) is 16.8. The molecule has 0 radical (unpaired) electrons. The molecule has 14 rings (SSSR count). The number of hydrogen-bond acceptors (Lipinski definition) is 20. The highest BCUT2D eigenvalue weighted by Crippen LogP contribution is 2.59. The van der Waals surface area contributed by atoms with E-state index in [1.165, 1.54) is 28.4 Å². The summed E-state index contributed by atoms with van der Waals surface area (Å²) in [5.74, 6) is -1.11. The maximum Gasteiger partial charge on any atom is 0.340 e. The van der Waals surface area contributed by atoms with Crippen LogP contribution in [0.25, 0.3) is 22.3 Å². The van der Waals surface area contributed by atoms with Crippen molar-refractivity contribution in [1.29, 1.82) is 0 Å². The Bertz CT molecular complexity index is 3950. The molecule has 104 heavy (non-hydrogen) atoms. The first kappa shape index (κ1) is 77.6. The van der Waals surface area contributed by atoms with Crippen LogP contribution in [0.4, 0.5) is 0 Å². The molecule has 6 aliphatic carbocycles. The normalized spacial score (nSPS) is 21.4. The SMILES string of the molecule is COC(=O)c1c(C(C)C)nc2c(c1C1=CCOCC1)C(=O)CC(C)(C)C2.COC(=O)c1c(C(C)C)nc2c(c1C1=CCOCC1)C(=O)CC1(CC1)C2.COC(=O)c1c(C(C)C)nc2c(c1C1=CCOCC1)[C@H](O)CC(C)(C)C2.COC(=O)c1c(C(C)C)nc2c(c1C1=CCOCC1)[C@H](O)CC1(CC1)C2. The van der Waals surface area contributed by atoms with E-state index in [1.54, 1.807) is 0 Å². The van der Waals surface area contributed by atoms with Gasteiger partial charge in [0.05, 0.1) is 150 Å². The molecule has 2 atom stereocenters. The number of aliphatic hydroxyl groups is 2. The van der Waals surface area contributed by atoms with Gasteiger partial charge in [-0.2, -0.15) is 0 Å². The third-order valence-electron chi connectivity index (χ3n) is 22.2. The number of methoxy groups -OCH3 is 4. The van der Waals surface area contributed by atoms with Crippen LogP contribution >= 0.6 is 0 Å². The molecule has 0 aromatic carbocycles. The van der Waals surface area contributed by atoms with Crippen LogP contribution in [-0.2, 0) is 63.6 Å². The molecule has 0 saturated heterocycles. The number of ether oxygens (including phenoxy) is 8. The molecule has 4 aromatic heterocycles. The molecule has 2 saturated carbocycles. The fraction of sp³-hybridized carbons (Fsp3) is 0.595. The van der Waals surface area contributed by atoms with Gasteiger partial charge >= 0.3 is 23.9 Å². The van der Waals surface area contributed by atoms with Crippen molar-refractivity contribution in [3.8, 4) is 0 Å². The number of pyridine rings is 4. The minimum absolute atomic E-state index is 0.0260. The molecular weight excluding hydrogens is 1320 g/mol. The largest absolute Gasteiger partial charge is 0.465 e. The number of hydrogen-bond donors (Lipinski definition) is 2. The van der Waals surface area contributed by atoms with Gasteiger partial charge < -0.3 is 48.1 Å². The van der Waals surface area contributed by atoms with Crippen LogP contribution in [0.1, 0.15) is 337 Å². The van der Waals surface area contributed by atoms with Crippen molar-refractivity contribution in [2.45, 2.75) is 222 Å². The molecule has 10 aliphatic rings. The Morgan fingerprint density at radius 2 is 0.692 bits per heavy atom. The molecule has 0 amide bonds. The van der Waals surface area contributed by atoms with Crippen LogP contribution in [0.5, 0.6) is 0 Å². The molecule has 560 valence electrons. The zero-order valence-electron chi connectivity index (χ0n) is 64.1. The zero-order valence-corrected chi connectivity index (χ0v) is 64.1. The third kappa shape index (κ3) is 16.1. The van der Waals surface area contributed by atoms with Gasteiger partial charge in [-0.05, 0) is 158 Å². The fourth-order valence-electron chi connectivity index (χ4n) is 16.8. The molecule has 20 heteroatoms. The highest BCUT2D eigenvalue weighted by Gasteiger charge is 2.52. The van der Waals surface area contributed by atoms with E-state index in [2.05, 4.69) is 41.5 Å². The van der Waals surface area contributed by atoms with Crippen LogP contribution < -0.4 is 0 Å². The highest BCUT2D eigenvalue weighted by molar-refractivity contribution is 6.10. The lowest BCUT2D eigenvalue weighted by Gasteiger charge is -2.37. The van der Waals surface area contributed by atoms with Gasteiger partial charge in [0.2, 0.25) is 0 Å². The van der Waals surface area contributed by atoms with E-state index in [-0.39, 0.29) is 68.8 Å². The van der Waals surface area contributed by atoms with E-state index in [4.69, 9.17) is 57.8 Å². The Morgan fingerprint density at radius 3 is 1.03 bits per heavy atom. The van der Waals surface area contributed by atoms with Crippen LogP contribution in [-0.4, -0.2) is 147 Å². The first-order chi connectivity index (χ1) is 49.4. The number of nitrogens with zero attached hydrogens (tertiary/aromatic N) is 4. The smallest absolute Gasteiger partial charge is 0.340 e. The topological polar surface area (TPSA) is 268 Å². The van der Waals surface area contributed by atoms with E-state index in [9.17, 15) is 39.0 Å². The van der Waals surface area contributed by atoms with Crippen LogP contribution in [0.3, 0.4) is 0 Å². The van der Waals surface area contributed by atoms with Gasteiger partial charge in [-0.3, -0.25) is 29.5 Å². The minimum atomic E-state index is -0.635. The predicted octanol–water partition coefficient (Wildman–Crippen LogP) is 15.0. The summed E-state index contributed by atoms with van der Waals surface area (Å²) in [6, 6.07) is 0. The lowest BCUT2D eigenvalue weighted by atomic mass is 9.71. The van der Waals surface area contributed by atoms with Crippen LogP contribution in [0.2, 0.25) is 0 Å². The number of rotatable bonds is 12. The van der Waals surface area contributed by atoms with Crippen molar-refractivity contribution in [3.63, 3.8) is 0 Å². The van der Waals surface area contributed by atoms with E-state index < -0.39 is 24.1 Å². The molecule has 4 aliphatic heterocycles. The molecule has 8 heterocycles. The van der Waals surface area contributed by atoms with E-state index in [0.29, 0.717) is 130 Å². The first-order valence-electron chi connectivity index (χ1n) is 37.5. The van der Waals surface area contributed by atoms with Crippen molar-refractivity contribution >= 4 is 57.7 Å². The van der Waals surface area contributed by atoms with Gasteiger partial charge in [-0.15, -0.1) is 0 Å². The summed E-state index contributed by atoms with van der Waals surface area (Å²) >= 11 is 0. The zero-order chi connectivity index (χ0) is 75.1. The second-order valence-electron chi connectivity index (χ2n) is 32.8. The Morgan fingerprint density at radius 1 is 0.394 bits per heavy atom. The standard InChI is InChI=1S/C21H27NO4.C21H25NO4.C21H29NO4.C21H27NO4/c2*1-12(2)19-18(20(24)25-3)16(13-4-8-26-9-5-13)17-14(22-19)10-21(6-7-21)11-15(17)23;2*1-12(2)19-18(20(24)25-5)16(13-6-8-26-9-7-13)17-14(22-19)10-21(3,4)11-15(17)23/h4,12,15,23H,5-11H2,1-3H3;4,12H,5-11H2,1-3H3;6,12,15,23H,7-11H2,1-5H3;6,12H,7-11H2,1-5H3/t15-;;15-;/m1.1./s1. The quantitative estimate of drug-likeness (QED) is 0.0985. The van der Waals surface area contributed by atoms with Crippen LogP contribution in [0, 0.1) is 21.7 Å². The van der Waals surface area contributed by atoms with Crippen molar-refractivity contribution in [1.82, 2.24) is 19.9 Å². The Kier molecular flexibility index (Phi) is 23.5. The van der Waals surface area contributed by atoms with Crippen molar-refractivity contribution in [2.75, 3.05) is 81.3 Å². The van der Waals surface area contributed by atoms with Gasteiger partial charge in [-0.25, -0.2) is 19.2 Å². The van der Waals surface area contributed by atoms with Gasteiger partial charge in [-0.1, -0.05) is 107 Å².